The van der Waals surface area contributed by atoms with Gasteiger partial charge in [-0.2, -0.15) is 0 Å². The highest BCUT2D eigenvalue weighted by Gasteiger charge is 2.29. The van der Waals surface area contributed by atoms with E-state index in [1.165, 1.54) is 7.11 Å². The zero-order chi connectivity index (χ0) is 21.9. The van der Waals surface area contributed by atoms with Crippen LogP contribution in [0.1, 0.15) is 25.0 Å². The second-order valence-corrected chi connectivity index (χ2v) is 7.20. The van der Waals surface area contributed by atoms with E-state index in [4.69, 9.17) is 9.47 Å². The van der Waals surface area contributed by atoms with E-state index >= 15 is 0 Å². The average molecular weight is 412 g/mol. The number of ether oxygens (including phenoxy) is 2. The lowest BCUT2D eigenvalue weighted by molar-refractivity contribution is -0.145. The first-order chi connectivity index (χ1) is 14.4. The summed E-state index contributed by atoms with van der Waals surface area (Å²) in [5.74, 6) is -1.25. The highest BCUT2D eigenvalue weighted by Crippen LogP contribution is 2.08. The minimum absolute atomic E-state index is 0.0951. The third kappa shape index (κ3) is 7.24. The number of methoxy groups -OCH3 is 1. The highest BCUT2D eigenvalue weighted by atomic mass is 16.5. The monoisotopic (exact) mass is 412 g/mol. The second-order valence-electron chi connectivity index (χ2n) is 7.20. The van der Waals surface area contributed by atoms with Crippen LogP contribution in [0.4, 0.5) is 4.79 Å². The summed E-state index contributed by atoms with van der Waals surface area (Å²) in [5, 5.41) is 5.28. The molecule has 2 aromatic carbocycles. The minimum Gasteiger partial charge on any atom is -0.467 e. The summed E-state index contributed by atoms with van der Waals surface area (Å²) in [6, 6.07) is 16.8. The summed E-state index contributed by atoms with van der Waals surface area (Å²) in [5.41, 5.74) is 1.72. The van der Waals surface area contributed by atoms with Crippen LogP contribution in [0.2, 0.25) is 0 Å². The molecule has 7 nitrogen and oxygen atoms in total. The number of nitrogens with one attached hydrogen (secondary N) is 2. The van der Waals surface area contributed by atoms with Gasteiger partial charge in [-0.15, -0.1) is 0 Å². The van der Waals surface area contributed by atoms with Crippen molar-refractivity contribution >= 4 is 18.0 Å². The van der Waals surface area contributed by atoms with Crippen molar-refractivity contribution in [1.29, 1.82) is 0 Å². The van der Waals surface area contributed by atoms with E-state index < -0.39 is 30.1 Å². The molecule has 0 aliphatic heterocycles. The van der Waals surface area contributed by atoms with Crippen LogP contribution in [0.3, 0.4) is 0 Å². The number of esters is 1. The first-order valence-corrected chi connectivity index (χ1v) is 9.80. The Labute approximate surface area is 176 Å². The first-order valence-electron chi connectivity index (χ1n) is 9.80. The summed E-state index contributed by atoms with van der Waals surface area (Å²) >= 11 is 0. The Morgan fingerprint density at radius 3 is 1.97 bits per heavy atom. The van der Waals surface area contributed by atoms with Crippen LogP contribution < -0.4 is 10.6 Å². The van der Waals surface area contributed by atoms with Gasteiger partial charge in [0.1, 0.15) is 18.7 Å². The fourth-order valence-electron chi connectivity index (χ4n) is 2.87. The third-order valence-electron chi connectivity index (χ3n) is 4.52. The van der Waals surface area contributed by atoms with Crippen LogP contribution in [-0.4, -0.2) is 37.2 Å². The molecule has 0 radical (unpaired) electrons. The Morgan fingerprint density at radius 2 is 1.43 bits per heavy atom. The molecule has 30 heavy (non-hydrogen) atoms. The Balaban J connectivity index is 1.99. The Bertz CT molecular complexity index is 824. The smallest absolute Gasteiger partial charge is 0.408 e. The molecule has 2 amide bonds. The molecule has 0 aliphatic carbocycles. The fraction of sp³-hybridized carbons (Fsp3) is 0.348. The lowest BCUT2D eigenvalue weighted by Crippen LogP contribution is -2.54. The van der Waals surface area contributed by atoms with E-state index in [0.717, 1.165) is 11.1 Å². The van der Waals surface area contributed by atoms with E-state index in [1.54, 1.807) is 13.8 Å². The van der Waals surface area contributed by atoms with Gasteiger partial charge in [-0.25, -0.2) is 9.59 Å². The quantitative estimate of drug-likeness (QED) is 0.618. The van der Waals surface area contributed by atoms with Crippen molar-refractivity contribution < 1.29 is 23.9 Å². The van der Waals surface area contributed by atoms with E-state index in [0.29, 0.717) is 0 Å². The fourth-order valence-corrected chi connectivity index (χ4v) is 2.87. The van der Waals surface area contributed by atoms with Gasteiger partial charge in [0.2, 0.25) is 5.91 Å². The van der Waals surface area contributed by atoms with Gasteiger partial charge >= 0.3 is 12.1 Å². The standard InChI is InChI=1S/C23H28N2O5/c1-16(2)20(25-23(28)30-15-18-12-8-5-9-13-18)21(26)24-19(22(27)29-3)14-17-10-6-4-7-11-17/h4-13,16,19-20H,14-15H2,1-3H3,(H,24,26)(H,25,28)/t19-,20+/m0/s1. The van der Waals surface area contributed by atoms with Crippen molar-refractivity contribution in [3.05, 3.63) is 71.8 Å². The number of hydrogen-bond donors (Lipinski definition) is 2. The summed E-state index contributed by atoms with van der Waals surface area (Å²) in [6.45, 7) is 3.69. The van der Waals surface area contributed by atoms with Gasteiger partial charge in [0.05, 0.1) is 7.11 Å². The molecule has 0 fully saturated rings. The number of benzene rings is 2. The predicted molar refractivity (Wildman–Crippen MR) is 112 cm³/mol. The topological polar surface area (TPSA) is 93.7 Å². The number of amides is 2. The van der Waals surface area contributed by atoms with Gasteiger partial charge in [0, 0.05) is 6.42 Å². The zero-order valence-corrected chi connectivity index (χ0v) is 17.5. The maximum Gasteiger partial charge on any atom is 0.408 e. The van der Waals surface area contributed by atoms with E-state index in [-0.39, 0.29) is 18.9 Å². The molecule has 2 atom stereocenters. The number of alkyl carbamates (subject to hydrolysis) is 1. The molecule has 0 bridgehead atoms. The van der Waals surface area contributed by atoms with Crippen molar-refractivity contribution in [3.8, 4) is 0 Å². The van der Waals surface area contributed by atoms with Crippen LogP contribution in [0.5, 0.6) is 0 Å². The lowest BCUT2D eigenvalue weighted by atomic mass is 10.0. The van der Waals surface area contributed by atoms with E-state index in [1.807, 2.05) is 60.7 Å². The van der Waals surface area contributed by atoms with Crippen LogP contribution in [0, 0.1) is 5.92 Å². The SMILES string of the molecule is COC(=O)[C@H](Cc1ccccc1)NC(=O)[C@H](NC(=O)OCc1ccccc1)C(C)C. The number of hydrogen-bond acceptors (Lipinski definition) is 5. The molecule has 0 heterocycles. The highest BCUT2D eigenvalue weighted by molar-refractivity contribution is 5.90. The average Bonchev–Trinajstić information content (AvgIpc) is 2.76. The molecule has 160 valence electrons. The van der Waals surface area contributed by atoms with Crippen LogP contribution in [0.25, 0.3) is 0 Å². The van der Waals surface area contributed by atoms with Crippen molar-refractivity contribution in [2.45, 2.75) is 39.0 Å². The summed E-state index contributed by atoms with van der Waals surface area (Å²) in [6.07, 6.45) is -0.423. The zero-order valence-electron chi connectivity index (χ0n) is 17.5. The molecule has 2 aromatic rings. The van der Waals surface area contributed by atoms with Crippen LogP contribution >= 0.6 is 0 Å². The van der Waals surface area contributed by atoms with Crippen molar-refractivity contribution in [2.24, 2.45) is 5.92 Å². The molecule has 0 saturated carbocycles. The van der Waals surface area contributed by atoms with Crippen molar-refractivity contribution in [2.75, 3.05) is 7.11 Å². The number of rotatable bonds is 9. The second kappa shape index (κ2) is 11.6. The molecule has 0 aromatic heterocycles. The van der Waals surface area contributed by atoms with Crippen LogP contribution in [0.15, 0.2) is 60.7 Å². The molecule has 0 saturated heterocycles. The van der Waals surface area contributed by atoms with Crippen LogP contribution in [-0.2, 0) is 32.1 Å². The van der Waals surface area contributed by atoms with Gasteiger partial charge in [-0.1, -0.05) is 74.5 Å². The van der Waals surface area contributed by atoms with Gasteiger partial charge < -0.3 is 20.1 Å². The Morgan fingerprint density at radius 1 is 0.867 bits per heavy atom. The van der Waals surface area contributed by atoms with Gasteiger partial charge in [-0.05, 0) is 17.0 Å². The third-order valence-corrected chi connectivity index (χ3v) is 4.52. The number of carbonyl (C=O) groups is 3. The van der Waals surface area contributed by atoms with Crippen molar-refractivity contribution in [1.82, 2.24) is 10.6 Å². The molecule has 0 spiro atoms. The molecular formula is C23H28N2O5. The lowest BCUT2D eigenvalue weighted by Gasteiger charge is -2.24. The predicted octanol–water partition coefficient (Wildman–Crippen LogP) is 2.84. The Kier molecular flexibility index (Phi) is 8.87. The number of carbonyl (C=O) groups excluding carboxylic acids is 3. The first kappa shape index (κ1) is 22.9. The van der Waals surface area contributed by atoms with Gasteiger partial charge in [0.15, 0.2) is 0 Å². The molecule has 0 unspecified atom stereocenters. The largest absolute Gasteiger partial charge is 0.467 e. The minimum atomic E-state index is -0.867. The van der Waals surface area contributed by atoms with Crippen molar-refractivity contribution in [3.63, 3.8) is 0 Å². The molecule has 2 rings (SSSR count). The summed E-state index contributed by atoms with van der Waals surface area (Å²) in [7, 11) is 1.27. The summed E-state index contributed by atoms with van der Waals surface area (Å²) < 4.78 is 10.0. The van der Waals surface area contributed by atoms with E-state index in [9.17, 15) is 14.4 Å². The van der Waals surface area contributed by atoms with E-state index in [2.05, 4.69) is 10.6 Å². The molecular weight excluding hydrogens is 384 g/mol. The maximum absolute atomic E-state index is 12.8. The van der Waals surface area contributed by atoms with Gasteiger partial charge in [-0.3, -0.25) is 4.79 Å². The molecule has 0 aliphatic rings. The van der Waals surface area contributed by atoms with Gasteiger partial charge in [0.25, 0.3) is 0 Å². The summed E-state index contributed by atoms with van der Waals surface area (Å²) in [4.78, 5) is 37.2. The molecule has 7 heteroatoms. The normalized spacial score (nSPS) is 12.5. The Hall–Kier alpha value is -3.35. The maximum atomic E-state index is 12.8. The molecule has 2 N–H and O–H groups in total.